The second-order valence-electron chi connectivity index (χ2n) is 5.22. The third-order valence-corrected chi connectivity index (χ3v) is 3.75. The lowest BCUT2D eigenvalue weighted by molar-refractivity contribution is -0.153. The van der Waals surface area contributed by atoms with Crippen molar-refractivity contribution in [3.8, 4) is 0 Å². The van der Waals surface area contributed by atoms with Gasteiger partial charge in [0.2, 0.25) is 11.9 Å². The minimum absolute atomic E-state index is 0.0967. The quantitative estimate of drug-likeness (QED) is 0.831. The maximum absolute atomic E-state index is 12.9. The zero-order valence-corrected chi connectivity index (χ0v) is 11.1. The van der Waals surface area contributed by atoms with Crippen LogP contribution in [0.1, 0.15) is 38.5 Å². The van der Waals surface area contributed by atoms with Crippen LogP contribution in [0.15, 0.2) is 18.2 Å². The average molecular weight is 280 g/mol. The molecule has 0 bridgehead atoms. The Morgan fingerprint density at radius 2 is 2.00 bits per heavy atom. The number of hydrogen-bond donors (Lipinski definition) is 2. The summed E-state index contributed by atoms with van der Waals surface area (Å²) < 4.78 is 12.9. The predicted octanol–water partition coefficient (Wildman–Crippen LogP) is 2.58. The highest BCUT2D eigenvalue weighted by Crippen LogP contribution is 2.39. The second-order valence-corrected chi connectivity index (χ2v) is 5.22. The van der Waals surface area contributed by atoms with Gasteiger partial charge in [-0.25, -0.2) is 4.98 Å². The first kappa shape index (κ1) is 14.4. The van der Waals surface area contributed by atoms with E-state index in [0.717, 1.165) is 19.3 Å². The molecule has 108 valence electrons. The molecule has 6 heteroatoms. The molecule has 1 saturated carbocycles. The van der Waals surface area contributed by atoms with E-state index >= 15 is 0 Å². The molecule has 0 aromatic carbocycles. The molecule has 5 nitrogen and oxygen atoms in total. The Morgan fingerprint density at radius 3 is 2.60 bits per heavy atom. The molecule has 1 aliphatic rings. The van der Waals surface area contributed by atoms with Crippen LogP contribution in [0, 0.1) is 11.4 Å². The van der Waals surface area contributed by atoms with Gasteiger partial charge in [0.25, 0.3) is 0 Å². The molecule has 1 fully saturated rings. The summed E-state index contributed by atoms with van der Waals surface area (Å²) in [4.78, 5) is 27.0. The first-order valence-corrected chi connectivity index (χ1v) is 6.68. The predicted molar refractivity (Wildman–Crippen MR) is 70.6 cm³/mol. The Balaban J connectivity index is 2.03. The highest BCUT2D eigenvalue weighted by atomic mass is 19.1. The van der Waals surface area contributed by atoms with Crippen molar-refractivity contribution >= 4 is 17.7 Å². The normalized spacial score (nSPS) is 17.4. The number of carbonyl (C=O) groups excluding carboxylic acids is 1. The molecule has 20 heavy (non-hydrogen) atoms. The highest BCUT2D eigenvalue weighted by molar-refractivity contribution is 5.93. The summed E-state index contributed by atoms with van der Waals surface area (Å²) in [6.07, 6.45) is 3.55. The summed E-state index contributed by atoms with van der Waals surface area (Å²) in [7, 11) is 0. The first-order chi connectivity index (χ1) is 9.52. The fourth-order valence-electron chi connectivity index (χ4n) is 2.67. The number of nitrogens with one attached hydrogen (secondary N) is 1. The lowest BCUT2D eigenvalue weighted by atomic mass is 9.71. The van der Waals surface area contributed by atoms with E-state index < -0.39 is 23.2 Å². The van der Waals surface area contributed by atoms with Crippen molar-refractivity contribution in [2.24, 2.45) is 5.41 Å². The van der Waals surface area contributed by atoms with E-state index in [-0.39, 0.29) is 12.2 Å². The molecule has 0 spiro atoms. The van der Waals surface area contributed by atoms with E-state index in [1.807, 2.05) is 0 Å². The van der Waals surface area contributed by atoms with Crippen molar-refractivity contribution < 1.29 is 19.1 Å². The monoisotopic (exact) mass is 280 g/mol. The Hall–Kier alpha value is -1.98. The maximum atomic E-state index is 12.9. The number of aliphatic carboxylic acids is 1. The summed E-state index contributed by atoms with van der Waals surface area (Å²) in [6, 6.07) is 4.08. The molecule has 1 heterocycles. The van der Waals surface area contributed by atoms with Crippen LogP contribution in [0.2, 0.25) is 0 Å². The zero-order valence-electron chi connectivity index (χ0n) is 11.1. The smallest absolute Gasteiger partial charge is 0.310 e. The fraction of sp³-hybridized carbons (Fsp3) is 0.500. The molecule has 0 radical (unpaired) electrons. The van der Waals surface area contributed by atoms with Gasteiger partial charge >= 0.3 is 5.97 Å². The van der Waals surface area contributed by atoms with E-state index in [1.54, 1.807) is 0 Å². The van der Waals surface area contributed by atoms with Crippen LogP contribution in [0.5, 0.6) is 0 Å². The zero-order chi connectivity index (χ0) is 14.6. The Labute approximate surface area is 116 Å². The van der Waals surface area contributed by atoms with Crippen LogP contribution in [-0.2, 0) is 9.59 Å². The largest absolute Gasteiger partial charge is 0.481 e. The van der Waals surface area contributed by atoms with Crippen LogP contribution >= 0.6 is 0 Å². The topological polar surface area (TPSA) is 79.3 Å². The number of hydrogen-bond acceptors (Lipinski definition) is 3. The number of pyridine rings is 1. The standard InChI is InChI=1S/C14H17FN2O3/c15-10-5-4-6-11(16-10)17-12(18)9-14(13(19)20)7-2-1-3-8-14/h4-6H,1-3,7-9H2,(H,19,20)(H,16,17,18). The van der Waals surface area contributed by atoms with Gasteiger partial charge in [-0.05, 0) is 25.0 Å². The van der Waals surface area contributed by atoms with Crippen LogP contribution in [-0.4, -0.2) is 22.0 Å². The van der Waals surface area contributed by atoms with Gasteiger partial charge in [0.1, 0.15) is 5.82 Å². The molecule has 2 rings (SSSR count). The molecule has 1 amide bonds. The third kappa shape index (κ3) is 3.31. The number of carbonyl (C=O) groups is 2. The van der Waals surface area contributed by atoms with Crippen molar-refractivity contribution in [3.05, 3.63) is 24.1 Å². The van der Waals surface area contributed by atoms with Crippen LogP contribution in [0.3, 0.4) is 0 Å². The maximum Gasteiger partial charge on any atom is 0.310 e. The SMILES string of the molecule is O=C(CC1(C(=O)O)CCCCC1)Nc1cccc(F)n1. The minimum Gasteiger partial charge on any atom is -0.481 e. The molecule has 1 aromatic rings. The third-order valence-electron chi connectivity index (χ3n) is 3.75. The number of aromatic nitrogens is 1. The van der Waals surface area contributed by atoms with Crippen LogP contribution < -0.4 is 5.32 Å². The Morgan fingerprint density at radius 1 is 1.30 bits per heavy atom. The Kier molecular flexibility index (Phi) is 4.32. The molecule has 0 atom stereocenters. The number of amides is 1. The lowest BCUT2D eigenvalue weighted by Crippen LogP contribution is -2.37. The van der Waals surface area contributed by atoms with Crippen molar-refractivity contribution in [2.45, 2.75) is 38.5 Å². The molecule has 0 aliphatic heterocycles. The van der Waals surface area contributed by atoms with E-state index in [9.17, 15) is 19.1 Å². The van der Waals surface area contributed by atoms with Gasteiger partial charge in [0, 0.05) is 6.42 Å². The van der Waals surface area contributed by atoms with E-state index in [2.05, 4.69) is 10.3 Å². The van der Waals surface area contributed by atoms with Gasteiger partial charge in [-0.2, -0.15) is 4.39 Å². The van der Waals surface area contributed by atoms with Gasteiger partial charge in [0.15, 0.2) is 0 Å². The molecule has 0 unspecified atom stereocenters. The fourth-order valence-corrected chi connectivity index (χ4v) is 2.67. The summed E-state index contributed by atoms with van der Waals surface area (Å²) in [6.45, 7) is 0. The summed E-state index contributed by atoms with van der Waals surface area (Å²) in [5.74, 6) is -1.95. The van der Waals surface area contributed by atoms with Gasteiger partial charge in [-0.3, -0.25) is 9.59 Å². The average Bonchev–Trinajstić information content (AvgIpc) is 2.39. The first-order valence-electron chi connectivity index (χ1n) is 6.68. The van der Waals surface area contributed by atoms with Crippen molar-refractivity contribution in [1.29, 1.82) is 0 Å². The number of carboxylic acid groups (broad SMARTS) is 1. The number of carboxylic acids is 1. The minimum atomic E-state index is -0.990. The van der Waals surface area contributed by atoms with Crippen molar-refractivity contribution in [3.63, 3.8) is 0 Å². The number of anilines is 1. The van der Waals surface area contributed by atoms with E-state index in [4.69, 9.17) is 0 Å². The van der Waals surface area contributed by atoms with Gasteiger partial charge in [0.05, 0.1) is 5.41 Å². The molecular formula is C14H17FN2O3. The van der Waals surface area contributed by atoms with Crippen molar-refractivity contribution in [2.75, 3.05) is 5.32 Å². The second kappa shape index (κ2) is 5.98. The van der Waals surface area contributed by atoms with Crippen LogP contribution in [0.4, 0.5) is 10.2 Å². The molecule has 1 aliphatic carbocycles. The summed E-state index contributed by atoms with van der Waals surface area (Å²) in [5.41, 5.74) is -0.990. The van der Waals surface area contributed by atoms with E-state index in [1.165, 1.54) is 18.2 Å². The Bertz CT molecular complexity index is 513. The van der Waals surface area contributed by atoms with Crippen molar-refractivity contribution in [1.82, 2.24) is 4.98 Å². The molecular weight excluding hydrogens is 263 g/mol. The van der Waals surface area contributed by atoms with Gasteiger partial charge in [-0.15, -0.1) is 0 Å². The van der Waals surface area contributed by atoms with Gasteiger partial charge < -0.3 is 10.4 Å². The molecule has 0 saturated heterocycles. The number of halogens is 1. The molecule has 1 aromatic heterocycles. The van der Waals surface area contributed by atoms with Gasteiger partial charge in [-0.1, -0.05) is 25.3 Å². The highest BCUT2D eigenvalue weighted by Gasteiger charge is 2.41. The van der Waals surface area contributed by atoms with E-state index in [0.29, 0.717) is 12.8 Å². The molecule has 2 N–H and O–H groups in total. The summed E-state index contributed by atoms with van der Waals surface area (Å²) >= 11 is 0. The number of rotatable bonds is 4. The number of nitrogens with zero attached hydrogens (tertiary/aromatic N) is 1. The lowest BCUT2D eigenvalue weighted by Gasteiger charge is -2.32. The summed E-state index contributed by atoms with van der Waals surface area (Å²) in [5, 5.41) is 11.8. The van der Waals surface area contributed by atoms with Crippen LogP contribution in [0.25, 0.3) is 0 Å².